The highest BCUT2D eigenvalue weighted by atomic mass is 19.1. The van der Waals surface area contributed by atoms with Crippen molar-refractivity contribution in [1.29, 1.82) is 0 Å². The van der Waals surface area contributed by atoms with Crippen LogP contribution in [0.3, 0.4) is 0 Å². The van der Waals surface area contributed by atoms with E-state index in [0.29, 0.717) is 16.9 Å². The Morgan fingerprint density at radius 1 is 0.889 bits per heavy atom. The van der Waals surface area contributed by atoms with Gasteiger partial charge >= 0.3 is 0 Å². The van der Waals surface area contributed by atoms with Gasteiger partial charge in [-0.25, -0.2) is 13.8 Å². The zero-order valence-corrected chi connectivity index (χ0v) is 19.3. The largest absolute Gasteiger partial charge is 0.327 e. The number of nitrogens with zero attached hydrogens (tertiary/aromatic N) is 2. The van der Waals surface area contributed by atoms with Gasteiger partial charge in [0.1, 0.15) is 17.5 Å². The molecule has 5 rings (SSSR count). The molecule has 1 aromatic heterocycles. The van der Waals surface area contributed by atoms with Crippen molar-refractivity contribution in [2.24, 2.45) is 0 Å². The van der Waals surface area contributed by atoms with Gasteiger partial charge in [-0.05, 0) is 53.9 Å². The van der Waals surface area contributed by atoms with Gasteiger partial charge in [0, 0.05) is 35.9 Å². The first-order chi connectivity index (χ1) is 17.5. The molecule has 0 radical (unpaired) electrons. The summed E-state index contributed by atoms with van der Waals surface area (Å²) in [5, 5.41) is 2.78. The van der Waals surface area contributed by atoms with Crippen LogP contribution in [0.15, 0.2) is 91.1 Å². The molecule has 1 unspecified atom stereocenters. The molecule has 36 heavy (non-hydrogen) atoms. The van der Waals surface area contributed by atoms with Crippen LogP contribution in [0.25, 0.3) is 11.1 Å². The minimum absolute atomic E-state index is 0.0632. The standard InChI is InChI=1S/C29H23F2N3O2/c30-22-12-9-19(10-13-22)18-34-25(28-23(29(34)36)7-4-8-24(28)31)14-16-27(35)33-26-15-11-21(17-32-26)20-5-2-1-3-6-20/h1-13,15,17,25H,14,16,18H2,(H,32,33,35). The maximum atomic E-state index is 14.8. The Morgan fingerprint density at radius 3 is 2.39 bits per heavy atom. The van der Waals surface area contributed by atoms with Crippen LogP contribution in [0.1, 0.15) is 40.4 Å². The molecule has 180 valence electrons. The average molecular weight is 484 g/mol. The number of carbonyl (C=O) groups is 2. The lowest BCUT2D eigenvalue weighted by atomic mass is 9.99. The van der Waals surface area contributed by atoms with Crippen molar-refractivity contribution in [3.63, 3.8) is 0 Å². The molecule has 4 aromatic rings. The van der Waals surface area contributed by atoms with Crippen molar-refractivity contribution in [3.8, 4) is 11.1 Å². The van der Waals surface area contributed by atoms with Crippen LogP contribution in [-0.4, -0.2) is 21.7 Å². The van der Waals surface area contributed by atoms with E-state index in [1.54, 1.807) is 35.4 Å². The Kier molecular flexibility index (Phi) is 6.54. The van der Waals surface area contributed by atoms with Gasteiger partial charge < -0.3 is 10.2 Å². The van der Waals surface area contributed by atoms with E-state index in [0.717, 1.165) is 16.7 Å². The molecular weight excluding hydrogens is 460 g/mol. The molecule has 0 aliphatic carbocycles. The summed E-state index contributed by atoms with van der Waals surface area (Å²) in [6.07, 6.45) is 1.99. The summed E-state index contributed by atoms with van der Waals surface area (Å²) >= 11 is 0. The van der Waals surface area contributed by atoms with Gasteiger partial charge in [0.15, 0.2) is 0 Å². The normalized spacial score (nSPS) is 14.6. The number of aromatic nitrogens is 1. The highest BCUT2D eigenvalue weighted by molar-refractivity contribution is 5.99. The van der Waals surface area contributed by atoms with Crippen molar-refractivity contribution in [2.45, 2.75) is 25.4 Å². The number of carbonyl (C=O) groups excluding carboxylic acids is 2. The third kappa shape index (κ3) is 4.86. The van der Waals surface area contributed by atoms with Crippen LogP contribution in [0.5, 0.6) is 0 Å². The molecule has 0 saturated heterocycles. The number of amides is 2. The van der Waals surface area contributed by atoms with Gasteiger partial charge in [0.2, 0.25) is 5.91 Å². The molecule has 1 aliphatic heterocycles. The second-order valence-corrected chi connectivity index (χ2v) is 8.66. The molecule has 0 spiro atoms. The van der Waals surface area contributed by atoms with E-state index in [9.17, 15) is 18.4 Å². The topological polar surface area (TPSA) is 62.3 Å². The summed E-state index contributed by atoms with van der Waals surface area (Å²) in [5.74, 6) is -1.03. The zero-order chi connectivity index (χ0) is 25.1. The second-order valence-electron chi connectivity index (χ2n) is 8.66. The average Bonchev–Trinajstić information content (AvgIpc) is 3.17. The number of nitrogens with one attached hydrogen (secondary N) is 1. The number of pyridine rings is 1. The van der Waals surface area contributed by atoms with Crippen LogP contribution in [0.2, 0.25) is 0 Å². The Morgan fingerprint density at radius 2 is 1.67 bits per heavy atom. The van der Waals surface area contributed by atoms with Crippen molar-refractivity contribution in [2.75, 3.05) is 5.32 Å². The molecule has 7 heteroatoms. The molecule has 1 aliphatic rings. The Bertz CT molecular complexity index is 1390. The highest BCUT2D eigenvalue weighted by Crippen LogP contribution is 2.39. The molecular formula is C29H23F2N3O2. The lowest BCUT2D eigenvalue weighted by Gasteiger charge is -2.25. The summed E-state index contributed by atoms with van der Waals surface area (Å²) < 4.78 is 28.1. The fraction of sp³-hybridized carbons (Fsp3) is 0.138. The predicted octanol–water partition coefficient (Wildman–Crippen LogP) is 6.14. The van der Waals surface area contributed by atoms with Crippen molar-refractivity contribution < 1.29 is 18.4 Å². The number of benzene rings is 3. The van der Waals surface area contributed by atoms with E-state index >= 15 is 0 Å². The van der Waals surface area contributed by atoms with Crippen molar-refractivity contribution in [1.82, 2.24) is 9.88 Å². The number of hydrogen-bond acceptors (Lipinski definition) is 3. The molecule has 0 saturated carbocycles. The summed E-state index contributed by atoms with van der Waals surface area (Å²) in [4.78, 5) is 31.7. The SMILES string of the molecule is O=C(CCC1c2c(F)cccc2C(=O)N1Cc1ccc(F)cc1)Nc1ccc(-c2ccccc2)cn1. The molecule has 3 aromatic carbocycles. The first kappa shape index (κ1) is 23.4. The Labute approximate surface area is 207 Å². The Hall–Kier alpha value is -4.39. The van der Waals surface area contributed by atoms with Gasteiger partial charge in [-0.1, -0.05) is 48.5 Å². The van der Waals surface area contributed by atoms with Crippen LogP contribution >= 0.6 is 0 Å². The minimum Gasteiger partial charge on any atom is -0.327 e. The minimum atomic E-state index is -0.613. The first-order valence-corrected chi connectivity index (χ1v) is 11.6. The molecule has 0 bridgehead atoms. The van der Waals surface area contributed by atoms with Gasteiger partial charge in [-0.2, -0.15) is 0 Å². The van der Waals surface area contributed by atoms with Gasteiger partial charge in [0.25, 0.3) is 5.91 Å². The number of anilines is 1. The predicted molar refractivity (Wildman–Crippen MR) is 133 cm³/mol. The fourth-order valence-electron chi connectivity index (χ4n) is 4.53. The third-order valence-corrected chi connectivity index (χ3v) is 6.30. The van der Waals surface area contributed by atoms with E-state index in [-0.39, 0.29) is 37.0 Å². The molecule has 2 amide bonds. The molecule has 2 heterocycles. The Balaban J connectivity index is 1.29. The molecule has 0 fully saturated rings. The van der Waals surface area contributed by atoms with Crippen LogP contribution < -0.4 is 5.32 Å². The lowest BCUT2D eigenvalue weighted by Crippen LogP contribution is -2.28. The highest BCUT2D eigenvalue weighted by Gasteiger charge is 2.38. The summed E-state index contributed by atoms with van der Waals surface area (Å²) in [5.41, 5.74) is 3.26. The van der Waals surface area contributed by atoms with Crippen molar-refractivity contribution in [3.05, 3.63) is 119 Å². The molecule has 5 nitrogen and oxygen atoms in total. The first-order valence-electron chi connectivity index (χ1n) is 11.6. The monoisotopic (exact) mass is 483 g/mol. The van der Waals surface area contributed by atoms with Crippen LogP contribution in [0.4, 0.5) is 14.6 Å². The van der Waals surface area contributed by atoms with E-state index < -0.39 is 11.9 Å². The van der Waals surface area contributed by atoms with Gasteiger partial charge in [-0.15, -0.1) is 0 Å². The van der Waals surface area contributed by atoms with E-state index in [4.69, 9.17) is 0 Å². The van der Waals surface area contributed by atoms with E-state index in [1.165, 1.54) is 24.3 Å². The number of rotatable bonds is 7. The summed E-state index contributed by atoms with van der Waals surface area (Å²) in [6.45, 7) is 0.183. The maximum absolute atomic E-state index is 14.8. The fourth-order valence-corrected chi connectivity index (χ4v) is 4.53. The molecule has 1 N–H and O–H groups in total. The summed E-state index contributed by atoms with van der Waals surface area (Å²) in [6, 6.07) is 23.0. The van der Waals surface area contributed by atoms with Gasteiger partial charge in [-0.3, -0.25) is 9.59 Å². The number of hydrogen-bond donors (Lipinski definition) is 1. The smallest absolute Gasteiger partial charge is 0.255 e. The van der Waals surface area contributed by atoms with Crippen LogP contribution in [-0.2, 0) is 11.3 Å². The van der Waals surface area contributed by atoms with E-state index in [2.05, 4.69) is 10.3 Å². The molecule has 1 atom stereocenters. The second kappa shape index (κ2) is 10.1. The maximum Gasteiger partial charge on any atom is 0.255 e. The third-order valence-electron chi connectivity index (χ3n) is 6.30. The van der Waals surface area contributed by atoms with Crippen LogP contribution in [0, 0.1) is 11.6 Å². The zero-order valence-electron chi connectivity index (χ0n) is 19.3. The van der Waals surface area contributed by atoms with Gasteiger partial charge in [0.05, 0.1) is 6.04 Å². The van der Waals surface area contributed by atoms with E-state index in [1.807, 2.05) is 36.4 Å². The quantitative estimate of drug-likeness (QED) is 0.343. The van der Waals surface area contributed by atoms with Crippen molar-refractivity contribution >= 4 is 17.6 Å². The number of fused-ring (bicyclic) bond motifs is 1. The number of halogens is 2. The summed E-state index contributed by atoms with van der Waals surface area (Å²) in [7, 11) is 0. The lowest BCUT2D eigenvalue weighted by molar-refractivity contribution is -0.116.